The molecule has 0 aliphatic heterocycles. The van der Waals surface area contributed by atoms with Crippen LogP contribution in [0.2, 0.25) is 0 Å². The van der Waals surface area contributed by atoms with Gasteiger partial charge < -0.3 is 5.32 Å². The summed E-state index contributed by atoms with van der Waals surface area (Å²) in [5.74, 6) is -0.431. The van der Waals surface area contributed by atoms with E-state index in [2.05, 4.69) is 5.32 Å². The summed E-state index contributed by atoms with van der Waals surface area (Å²) in [6.07, 6.45) is 0. The molecule has 0 bridgehead atoms. The van der Waals surface area contributed by atoms with Crippen molar-refractivity contribution in [2.75, 3.05) is 17.9 Å². The molecule has 3 rings (SSSR count). The molecule has 2 aromatic carbocycles. The average Bonchev–Trinajstić information content (AvgIpc) is 2.90. The van der Waals surface area contributed by atoms with Gasteiger partial charge in [0.15, 0.2) is 0 Å². The molecule has 28 heavy (non-hydrogen) atoms. The number of fused-ring (bicyclic) bond motifs is 1. The van der Waals surface area contributed by atoms with E-state index < -0.39 is 15.9 Å². The van der Waals surface area contributed by atoms with Gasteiger partial charge in [-0.2, -0.15) is 0 Å². The molecule has 1 heterocycles. The first-order valence-electron chi connectivity index (χ1n) is 8.63. The minimum atomic E-state index is -4.05. The smallest absolute Gasteiger partial charge is 0.328 e. The zero-order valence-electron chi connectivity index (χ0n) is 16.1. The zero-order chi connectivity index (χ0) is 20.6. The molecule has 8 nitrogen and oxygen atoms in total. The van der Waals surface area contributed by atoms with E-state index in [4.69, 9.17) is 0 Å². The van der Waals surface area contributed by atoms with E-state index in [0.29, 0.717) is 16.7 Å². The summed E-state index contributed by atoms with van der Waals surface area (Å²) in [6.45, 7) is 1.43. The number of hydrogen-bond acceptors (Lipinski definition) is 4. The van der Waals surface area contributed by atoms with Crippen LogP contribution in [0, 0.1) is 6.92 Å². The number of nitrogens with zero attached hydrogens (tertiary/aromatic N) is 3. The Morgan fingerprint density at radius 2 is 1.71 bits per heavy atom. The van der Waals surface area contributed by atoms with Gasteiger partial charge in [-0.1, -0.05) is 18.2 Å². The normalized spacial score (nSPS) is 11.6. The highest BCUT2D eigenvalue weighted by Crippen LogP contribution is 2.28. The number of anilines is 1. The van der Waals surface area contributed by atoms with E-state index >= 15 is 0 Å². The van der Waals surface area contributed by atoms with Gasteiger partial charge in [-0.05, 0) is 36.8 Å². The quantitative estimate of drug-likeness (QED) is 0.692. The molecule has 0 saturated carbocycles. The molecule has 3 aromatic rings. The first-order chi connectivity index (χ1) is 13.2. The highest BCUT2D eigenvalue weighted by atomic mass is 32.2. The Hall–Kier alpha value is -3.07. The number of nitrogens with one attached hydrogen (secondary N) is 1. The molecule has 0 unspecified atom stereocenters. The van der Waals surface area contributed by atoms with Crippen LogP contribution in [0.3, 0.4) is 0 Å². The summed E-state index contributed by atoms with van der Waals surface area (Å²) < 4.78 is 30.8. The number of aryl methyl sites for hydroxylation is 3. The van der Waals surface area contributed by atoms with Gasteiger partial charge >= 0.3 is 5.69 Å². The molecule has 1 N–H and O–H groups in total. The fraction of sp³-hybridized carbons (Fsp3) is 0.263. The van der Waals surface area contributed by atoms with Gasteiger partial charge in [-0.25, -0.2) is 13.2 Å². The van der Waals surface area contributed by atoms with Gasteiger partial charge in [-0.3, -0.25) is 18.2 Å². The summed E-state index contributed by atoms with van der Waals surface area (Å²) in [4.78, 5) is 24.2. The fourth-order valence-electron chi connectivity index (χ4n) is 3.13. The number of hydrogen-bond donors (Lipinski definition) is 1. The van der Waals surface area contributed by atoms with Crippen molar-refractivity contribution in [3.05, 3.63) is 58.5 Å². The predicted octanol–water partition coefficient (Wildman–Crippen LogP) is 1.13. The lowest BCUT2D eigenvalue weighted by Gasteiger charge is -2.25. The van der Waals surface area contributed by atoms with Crippen LogP contribution in [0.25, 0.3) is 11.0 Å². The Kier molecular flexibility index (Phi) is 5.03. The molecule has 1 amide bonds. The lowest BCUT2D eigenvalue weighted by molar-refractivity contribution is -0.119. The van der Waals surface area contributed by atoms with E-state index in [9.17, 15) is 18.0 Å². The summed E-state index contributed by atoms with van der Waals surface area (Å²) in [6, 6.07) is 11.5. The van der Waals surface area contributed by atoms with Crippen LogP contribution in [-0.2, 0) is 28.9 Å². The van der Waals surface area contributed by atoms with Gasteiger partial charge in [-0.15, -0.1) is 0 Å². The van der Waals surface area contributed by atoms with Crippen LogP contribution < -0.4 is 15.3 Å². The van der Waals surface area contributed by atoms with Crippen LogP contribution in [0.5, 0.6) is 0 Å². The van der Waals surface area contributed by atoms with Crippen LogP contribution in [0.1, 0.15) is 5.56 Å². The van der Waals surface area contributed by atoms with E-state index in [1.54, 1.807) is 51.4 Å². The first-order valence-corrected chi connectivity index (χ1v) is 10.1. The van der Waals surface area contributed by atoms with Crippen molar-refractivity contribution in [2.45, 2.75) is 11.8 Å². The minimum Gasteiger partial charge on any atom is -0.358 e. The molecule has 148 valence electrons. The number of aromatic nitrogens is 2. The number of likely N-dealkylation sites (N-methyl/N-ethyl adjacent to an activating group) is 1. The van der Waals surface area contributed by atoms with Gasteiger partial charge in [0.05, 0.1) is 21.6 Å². The second-order valence-corrected chi connectivity index (χ2v) is 8.38. The molecule has 0 spiro atoms. The number of para-hydroxylation sites is 1. The van der Waals surface area contributed by atoms with Gasteiger partial charge in [0.25, 0.3) is 10.0 Å². The molecule has 0 aliphatic rings. The number of amides is 1. The molecule has 0 fully saturated rings. The standard InChI is InChI=1S/C19H22N4O4S/c1-13-7-5-6-8-15(13)23(12-18(24)20-2)28(26,27)14-9-10-16-17(11-14)22(4)19(25)21(16)3/h5-11H,12H2,1-4H3,(H,20,24). The monoisotopic (exact) mass is 402 g/mol. The third-order valence-electron chi connectivity index (χ3n) is 4.78. The third kappa shape index (κ3) is 3.18. The van der Waals surface area contributed by atoms with E-state index in [-0.39, 0.29) is 17.1 Å². The molecule has 9 heteroatoms. The van der Waals surface area contributed by atoms with Crippen molar-refractivity contribution < 1.29 is 13.2 Å². The Labute approximate surface area is 163 Å². The highest BCUT2D eigenvalue weighted by molar-refractivity contribution is 7.92. The Bertz CT molecular complexity index is 1220. The van der Waals surface area contributed by atoms with E-state index in [0.717, 1.165) is 9.87 Å². The largest absolute Gasteiger partial charge is 0.358 e. The van der Waals surface area contributed by atoms with Crippen molar-refractivity contribution >= 4 is 32.7 Å². The summed E-state index contributed by atoms with van der Waals surface area (Å²) in [5.41, 5.74) is 2.03. The molecule has 0 saturated heterocycles. The van der Waals surface area contributed by atoms with Crippen LogP contribution in [-0.4, -0.2) is 37.1 Å². The highest BCUT2D eigenvalue weighted by Gasteiger charge is 2.28. The van der Waals surface area contributed by atoms with Crippen molar-refractivity contribution in [1.29, 1.82) is 0 Å². The number of carbonyl (C=O) groups excluding carboxylic acids is 1. The molecular weight excluding hydrogens is 380 g/mol. The lowest BCUT2D eigenvalue weighted by Crippen LogP contribution is -2.40. The zero-order valence-corrected chi connectivity index (χ0v) is 16.9. The average molecular weight is 402 g/mol. The molecule has 0 atom stereocenters. The van der Waals surface area contributed by atoms with Crippen molar-refractivity contribution in [3.8, 4) is 0 Å². The SMILES string of the molecule is CNC(=O)CN(c1ccccc1C)S(=O)(=O)c1ccc2c(c1)n(C)c(=O)n2C. The molecule has 0 radical (unpaired) electrons. The van der Waals surface area contributed by atoms with Crippen molar-refractivity contribution in [1.82, 2.24) is 14.5 Å². The third-order valence-corrected chi connectivity index (χ3v) is 6.54. The Morgan fingerprint density at radius 3 is 2.36 bits per heavy atom. The number of carbonyl (C=O) groups is 1. The van der Waals surface area contributed by atoms with Gasteiger partial charge in [0.1, 0.15) is 6.54 Å². The van der Waals surface area contributed by atoms with Crippen molar-refractivity contribution in [3.63, 3.8) is 0 Å². The second-order valence-electron chi connectivity index (χ2n) is 6.52. The summed E-state index contributed by atoms with van der Waals surface area (Å²) in [5, 5.41) is 2.46. The number of rotatable bonds is 5. The topological polar surface area (TPSA) is 93.4 Å². The Balaban J connectivity index is 2.20. The number of benzene rings is 2. The molecule has 0 aliphatic carbocycles. The van der Waals surface area contributed by atoms with Gasteiger partial charge in [0, 0.05) is 21.1 Å². The predicted molar refractivity (Wildman–Crippen MR) is 108 cm³/mol. The molecular formula is C19H22N4O4S. The summed E-state index contributed by atoms with van der Waals surface area (Å²) >= 11 is 0. The van der Waals surface area contributed by atoms with Crippen molar-refractivity contribution in [2.24, 2.45) is 14.1 Å². The Morgan fingerprint density at radius 1 is 1.07 bits per heavy atom. The van der Waals surface area contributed by atoms with Crippen LogP contribution in [0.4, 0.5) is 5.69 Å². The van der Waals surface area contributed by atoms with Crippen LogP contribution in [0.15, 0.2) is 52.2 Å². The maximum Gasteiger partial charge on any atom is 0.328 e. The lowest BCUT2D eigenvalue weighted by atomic mass is 10.2. The maximum absolute atomic E-state index is 13.4. The summed E-state index contributed by atoms with van der Waals surface area (Å²) in [7, 11) is 0.626. The molecule has 1 aromatic heterocycles. The van der Waals surface area contributed by atoms with Gasteiger partial charge in [0.2, 0.25) is 5.91 Å². The van der Waals surface area contributed by atoms with E-state index in [1.165, 1.54) is 28.3 Å². The maximum atomic E-state index is 13.4. The number of sulfonamides is 1. The minimum absolute atomic E-state index is 0.00774. The second kappa shape index (κ2) is 7.16. The number of imidazole rings is 1. The van der Waals surface area contributed by atoms with Crippen LogP contribution >= 0.6 is 0 Å². The first kappa shape index (κ1) is 19.7. The fourth-order valence-corrected chi connectivity index (χ4v) is 4.63. The van der Waals surface area contributed by atoms with E-state index in [1.807, 2.05) is 0 Å².